The van der Waals surface area contributed by atoms with Gasteiger partial charge in [0, 0.05) is 12.3 Å². The summed E-state index contributed by atoms with van der Waals surface area (Å²) in [5.74, 6) is 0.325. The van der Waals surface area contributed by atoms with Crippen molar-refractivity contribution in [2.75, 3.05) is 13.2 Å². The molecule has 1 atom stereocenters. The van der Waals surface area contributed by atoms with E-state index in [-0.39, 0.29) is 18.0 Å². The molecule has 0 N–H and O–H groups in total. The van der Waals surface area contributed by atoms with Gasteiger partial charge in [-0.25, -0.2) is 0 Å². The van der Waals surface area contributed by atoms with Gasteiger partial charge in [-0.1, -0.05) is 24.3 Å². The second-order valence-electron chi connectivity index (χ2n) is 3.84. The van der Waals surface area contributed by atoms with Crippen molar-refractivity contribution >= 4 is 5.78 Å². The summed E-state index contributed by atoms with van der Waals surface area (Å²) in [6, 6.07) is 0. The van der Waals surface area contributed by atoms with Gasteiger partial charge in [-0.15, -0.1) is 0 Å². The van der Waals surface area contributed by atoms with Crippen molar-refractivity contribution in [3.63, 3.8) is 0 Å². The minimum Gasteiger partial charge on any atom is -0.350 e. The van der Waals surface area contributed by atoms with Crippen LogP contribution in [-0.2, 0) is 14.3 Å². The Balaban J connectivity index is 1.80. The predicted molar refractivity (Wildman–Crippen MR) is 56.3 cm³/mol. The summed E-state index contributed by atoms with van der Waals surface area (Å²) < 4.78 is 10.7. The third-order valence-corrected chi connectivity index (χ3v) is 2.73. The molecule has 0 amide bonds. The first kappa shape index (κ1) is 10.6. The number of rotatable bonds is 3. The van der Waals surface area contributed by atoms with Gasteiger partial charge in [0.1, 0.15) is 5.78 Å². The molecule has 2 aliphatic rings. The SMILES string of the molecule is O=C1CC=CC=CC1CCC1OCCO1. The van der Waals surface area contributed by atoms with Gasteiger partial charge in [0.2, 0.25) is 0 Å². The summed E-state index contributed by atoms with van der Waals surface area (Å²) in [6.45, 7) is 1.36. The average Bonchev–Trinajstić information content (AvgIpc) is 2.67. The van der Waals surface area contributed by atoms with Crippen LogP contribution in [0.4, 0.5) is 0 Å². The molecule has 1 aliphatic carbocycles. The first-order valence-corrected chi connectivity index (χ1v) is 5.45. The van der Waals surface area contributed by atoms with E-state index in [1.165, 1.54) is 0 Å². The van der Waals surface area contributed by atoms with E-state index < -0.39 is 0 Å². The molecule has 3 heteroatoms. The largest absolute Gasteiger partial charge is 0.350 e. The molecule has 1 heterocycles. The standard InChI is InChI=1S/C12H16O3/c13-11-5-3-1-2-4-10(11)6-7-12-14-8-9-15-12/h1-4,10,12H,5-9H2. The zero-order valence-electron chi connectivity index (χ0n) is 8.72. The lowest BCUT2D eigenvalue weighted by atomic mass is 9.97. The van der Waals surface area contributed by atoms with Crippen LogP contribution in [0.2, 0.25) is 0 Å². The number of carbonyl (C=O) groups is 1. The number of hydrogen-bond donors (Lipinski definition) is 0. The molecular weight excluding hydrogens is 192 g/mol. The van der Waals surface area contributed by atoms with Gasteiger partial charge in [0.25, 0.3) is 0 Å². The van der Waals surface area contributed by atoms with E-state index in [9.17, 15) is 4.79 Å². The van der Waals surface area contributed by atoms with E-state index in [0.717, 1.165) is 12.8 Å². The van der Waals surface area contributed by atoms with Crippen LogP contribution in [0, 0.1) is 5.92 Å². The number of allylic oxidation sites excluding steroid dienone is 4. The molecular formula is C12H16O3. The molecule has 0 radical (unpaired) electrons. The van der Waals surface area contributed by atoms with E-state index >= 15 is 0 Å². The highest BCUT2D eigenvalue weighted by molar-refractivity contribution is 5.84. The number of Topliss-reactive ketones (excluding diaryl/α,β-unsaturated/α-hetero) is 1. The van der Waals surface area contributed by atoms with Gasteiger partial charge in [-0.3, -0.25) is 4.79 Å². The number of ether oxygens (including phenoxy) is 2. The fourth-order valence-electron chi connectivity index (χ4n) is 1.87. The highest BCUT2D eigenvalue weighted by atomic mass is 16.7. The third-order valence-electron chi connectivity index (χ3n) is 2.73. The number of ketones is 1. The Kier molecular flexibility index (Phi) is 3.69. The molecule has 15 heavy (non-hydrogen) atoms. The van der Waals surface area contributed by atoms with Crippen LogP contribution in [0.3, 0.4) is 0 Å². The van der Waals surface area contributed by atoms with Crippen molar-refractivity contribution in [3.05, 3.63) is 24.3 Å². The lowest BCUT2D eigenvalue weighted by Gasteiger charge is -2.12. The van der Waals surface area contributed by atoms with Crippen LogP contribution in [0.5, 0.6) is 0 Å². The van der Waals surface area contributed by atoms with E-state index in [4.69, 9.17) is 9.47 Å². The smallest absolute Gasteiger partial charge is 0.157 e. The number of carbonyl (C=O) groups excluding carboxylic acids is 1. The molecule has 0 aromatic carbocycles. The Bertz CT molecular complexity index is 275. The molecule has 0 aromatic rings. The van der Waals surface area contributed by atoms with Crippen molar-refractivity contribution in [1.82, 2.24) is 0 Å². The molecule has 1 unspecified atom stereocenters. The highest BCUT2D eigenvalue weighted by Gasteiger charge is 2.20. The molecule has 1 aliphatic heterocycles. The Labute approximate surface area is 89.8 Å². The van der Waals surface area contributed by atoms with Gasteiger partial charge in [0.15, 0.2) is 6.29 Å². The minimum absolute atomic E-state index is 0.0350. The first-order valence-electron chi connectivity index (χ1n) is 5.45. The molecule has 1 fully saturated rings. The third kappa shape index (κ3) is 3.01. The van der Waals surface area contributed by atoms with E-state index in [0.29, 0.717) is 19.6 Å². The molecule has 82 valence electrons. The first-order chi connectivity index (χ1) is 7.36. The maximum absolute atomic E-state index is 11.6. The fourth-order valence-corrected chi connectivity index (χ4v) is 1.87. The highest BCUT2D eigenvalue weighted by Crippen LogP contribution is 2.19. The second-order valence-corrected chi connectivity index (χ2v) is 3.84. The monoisotopic (exact) mass is 208 g/mol. The van der Waals surface area contributed by atoms with E-state index in [1.54, 1.807) is 0 Å². The van der Waals surface area contributed by atoms with Crippen LogP contribution in [0.25, 0.3) is 0 Å². The zero-order valence-corrected chi connectivity index (χ0v) is 8.72. The number of hydrogen-bond acceptors (Lipinski definition) is 3. The van der Waals surface area contributed by atoms with Gasteiger partial charge in [-0.05, 0) is 12.8 Å². The van der Waals surface area contributed by atoms with E-state index in [1.807, 2.05) is 24.3 Å². The molecule has 0 bridgehead atoms. The zero-order chi connectivity index (χ0) is 10.5. The molecule has 2 rings (SSSR count). The Morgan fingerprint density at radius 2 is 2.00 bits per heavy atom. The van der Waals surface area contributed by atoms with Gasteiger partial charge >= 0.3 is 0 Å². The van der Waals surface area contributed by atoms with Crippen LogP contribution >= 0.6 is 0 Å². The van der Waals surface area contributed by atoms with E-state index in [2.05, 4.69) is 0 Å². The lowest BCUT2D eigenvalue weighted by molar-refractivity contribution is -0.121. The molecule has 0 spiro atoms. The van der Waals surface area contributed by atoms with Gasteiger partial charge < -0.3 is 9.47 Å². The summed E-state index contributed by atoms with van der Waals surface area (Å²) >= 11 is 0. The Morgan fingerprint density at radius 1 is 1.20 bits per heavy atom. The molecule has 1 saturated heterocycles. The van der Waals surface area contributed by atoms with Crippen molar-refractivity contribution in [3.8, 4) is 0 Å². The van der Waals surface area contributed by atoms with Crippen molar-refractivity contribution < 1.29 is 14.3 Å². The Morgan fingerprint density at radius 3 is 2.80 bits per heavy atom. The van der Waals surface area contributed by atoms with Crippen molar-refractivity contribution in [2.45, 2.75) is 25.6 Å². The van der Waals surface area contributed by atoms with Gasteiger partial charge in [0.05, 0.1) is 13.2 Å². The molecule has 3 nitrogen and oxygen atoms in total. The Hall–Kier alpha value is -0.930. The summed E-state index contributed by atoms with van der Waals surface area (Å²) in [7, 11) is 0. The van der Waals surface area contributed by atoms with Crippen molar-refractivity contribution in [1.29, 1.82) is 0 Å². The molecule has 0 saturated carbocycles. The average molecular weight is 208 g/mol. The summed E-state index contributed by atoms with van der Waals surface area (Å²) in [6.07, 6.45) is 9.84. The van der Waals surface area contributed by atoms with Crippen LogP contribution in [0.1, 0.15) is 19.3 Å². The van der Waals surface area contributed by atoms with Crippen LogP contribution in [0.15, 0.2) is 24.3 Å². The second kappa shape index (κ2) is 5.24. The fraction of sp³-hybridized carbons (Fsp3) is 0.583. The van der Waals surface area contributed by atoms with Crippen LogP contribution in [-0.4, -0.2) is 25.3 Å². The van der Waals surface area contributed by atoms with Crippen LogP contribution < -0.4 is 0 Å². The van der Waals surface area contributed by atoms with Crippen molar-refractivity contribution in [2.24, 2.45) is 5.92 Å². The maximum Gasteiger partial charge on any atom is 0.157 e. The summed E-state index contributed by atoms with van der Waals surface area (Å²) in [5.41, 5.74) is 0. The quantitative estimate of drug-likeness (QED) is 0.710. The lowest BCUT2D eigenvalue weighted by Crippen LogP contribution is -2.15. The summed E-state index contributed by atoms with van der Waals surface area (Å²) in [4.78, 5) is 11.6. The predicted octanol–water partition coefficient (Wildman–Crippen LogP) is 1.84. The molecule has 0 aromatic heterocycles. The van der Waals surface area contributed by atoms with Gasteiger partial charge in [-0.2, -0.15) is 0 Å². The normalized spacial score (nSPS) is 27.2. The summed E-state index contributed by atoms with van der Waals surface area (Å²) in [5, 5.41) is 0. The minimum atomic E-state index is -0.0950. The maximum atomic E-state index is 11.6. The topological polar surface area (TPSA) is 35.5 Å².